The lowest BCUT2D eigenvalue weighted by atomic mass is 10.5. The van der Waals surface area contributed by atoms with E-state index in [2.05, 4.69) is 0 Å². The van der Waals surface area contributed by atoms with Crippen molar-refractivity contribution in [3.63, 3.8) is 0 Å². The van der Waals surface area contributed by atoms with Crippen LogP contribution in [0.3, 0.4) is 0 Å². The second kappa shape index (κ2) is 6.14. The first kappa shape index (κ1) is 7.14. The predicted octanol–water partition coefficient (Wildman–Crippen LogP) is 0.0191. The summed E-state index contributed by atoms with van der Waals surface area (Å²) in [5, 5.41) is 0. The average molecular weight is 117 g/mol. The number of hydrogen-bond acceptors (Lipinski definition) is 2. The minimum absolute atomic E-state index is 0.642. The van der Waals surface area contributed by atoms with Gasteiger partial charge in [-0.2, -0.15) is 0 Å². The standard InChI is InChI=1S/C4H11NOSi/c1-6-7-4-2-3-5/h2-5H2,1H3. The van der Waals surface area contributed by atoms with E-state index >= 15 is 0 Å². The van der Waals surface area contributed by atoms with E-state index in [0.29, 0.717) is 9.76 Å². The van der Waals surface area contributed by atoms with Crippen LogP contribution >= 0.6 is 0 Å². The number of hydrogen-bond donors (Lipinski definition) is 1. The van der Waals surface area contributed by atoms with Crippen LogP contribution in [0.4, 0.5) is 0 Å². The van der Waals surface area contributed by atoms with Gasteiger partial charge in [-0.25, -0.2) is 0 Å². The smallest absolute Gasteiger partial charge is 0.229 e. The highest BCUT2D eigenvalue weighted by molar-refractivity contribution is 6.26. The molecule has 3 heteroatoms. The van der Waals surface area contributed by atoms with Crippen LogP contribution < -0.4 is 5.73 Å². The molecule has 2 radical (unpaired) electrons. The summed E-state index contributed by atoms with van der Waals surface area (Å²) in [5.74, 6) is 0. The minimum atomic E-state index is 0.642. The van der Waals surface area contributed by atoms with Gasteiger partial charge in [-0.1, -0.05) is 0 Å². The Labute approximate surface area is 47.0 Å². The summed E-state index contributed by atoms with van der Waals surface area (Å²) >= 11 is 0. The predicted molar refractivity (Wildman–Crippen MR) is 31.2 cm³/mol. The van der Waals surface area contributed by atoms with Gasteiger partial charge in [0.2, 0.25) is 9.76 Å². The van der Waals surface area contributed by atoms with Crippen LogP contribution in [0.15, 0.2) is 0 Å². The van der Waals surface area contributed by atoms with Crippen molar-refractivity contribution in [1.82, 2.24) is 0 Å². The molecule has 0 aliphatic carbocycles. The lowest BCUT2D eigenvalue weighted by Crippen LogP contribution is -2.01. The summed E-state index contributed by atoms with van der Waals surface area (Å²) < 4.78 is 4.82. The van der Waals surface area contributed by atoms with Crippen molar-refractivity contribution in [2.75, 3.05) is 13.7 Å². The Morgan fingerprint density at radius 1 is 1.71 bits per heavy atom. The molecule has 0 saturated heterocycles. The molecule has 42 valence electrons. The molecule has 0 aliphatic rings. The first-order valence-electron chi connectivity index (χ1n) is 2.37. The molecule has 0 saturated carbocycles. The molecule has 0 aromatic rings. The highest BCUT2D eigenvalue weighted by Crippen LogP contribution is 1.82. The van der Waals surface area contributed by atoms with Gasteiger partial charge < -0.3 is 10.2 Å². The van der Waals surface area contributed by atoms with Crippen molar-refractivity contribution in [1.29, 1.82) is 0 Å². The van der Waals surface area contributed by atoms with Crippen LogP contribution in [0.5, 0.6) is 0 Å². The second-order valence-electron chi connectivity index (χ2n) is 1.24. The van der Waals surface area contributed by atoms with E-state index < -0.39 is 0 Å². The molecule has 2 nitrogen and oxygen atoms in total. The number of rotatable bonds is 4. The van der Waals surface area contributed by atoms with Gasteiger partial charge in [0.1, 0.15) is 0 Å². The van der Waals surface area contributed by atoms with Crippen molar-refractivity contribution >= 4 is 9.76 Å². The fourth-order valence-corrected chi connectivity index (χ4v) is 0.829. The van der Waals surface area contributed by atoms with Gasteiger partial charge in [-0.15, -0.1) is 0 Å². The quantitative estimate of drug-likeness (QED) is 0.416. The molecule has 0 unspecified atom stereocenters. The zero-order valence-electron chi connectivity index (χ0n) is 4.61. The Morgan fingerprint density at radius 3 is 2.86 bits per heavy atom. The van der Waals surface area contributed by atoms with E-state index in [9.17, 15) is 0 Å². The maximum atomic E-state index is 5.22. The lowest BCUT2D eigenvalue weighted by molar-refractivity contribution is 0.440. The van der Waals surface area contributed by atoms with Gasteiger partial charge in [-0.05, 0) is 19.0 Å². The minimum Gasteiger partial charge on any atom is -0.421 e. The first-order valence-corrected chi connectivity index (χ1v) is 3.49. The maximum absolute atomic E-state index is 5.22. The molecule has 0 bridgehead atoms. The Bertz CT molecular complexity index is 30.9. The molecule has 0 fully saturated rings. The van der Waals surface area contributed by atoms with Crippen LogP contribution in [0.25, 0.3) is 0 Å². The topological polar surface area (TPSA) is 35.2 Å². The highest BCUT2D eigenvalue weighted by Gasteiger charge is 1.83. The molecule has 0 aromatic heterocycles. The zero-order chi connectivity index (χ0) is 5.54. The van der Waals surface area contributed by atoms with Crippen molar-refractivity contribution in [3.05, 3.63) is 0 Å². The molecule has 0 amide bonds. The van der Waals surface area contributed by atoms with Crippen LogP contribution in [-0.4, -0.2) is 23.4 Å². The molecule has 0 aliphatic heterocycles. The van der Waals surface area contributed by atoms with E-state index in [1.165, 1.54) is 0 Å². The zero-order valence-corrected chi connectivity index (χ0v) is 5.61. The highest BCUT2D eigenvalue weighted by atomic mass is 28.2. The van der Waals surface area contributed by atoms with Crippen LogP contribution in [0, 0.1) is 0 Å². The monoisotopic (exact) mass is 117 g/mol. The Kier molecular flexibility index (Phi) is 6.26. The Balaban J connectivity index is 2.45. The largest absolute Gasteiger partial charge is 0.421 e. The van der Waals surface area contributed by atoms with Crippen LogP contribution in [-0.2, 0) is 4.43 Å². The molecular formula is C4H11NOSi. The van der Waals surface area contributed by atoms with Crippen LogP contribution in [0.2, 0.25) is 6.04 Å². The van der Waals surface area contributed by atoms with Gasteiger partial charge in [0.15, 0.2) is 0 Å². The summed E-state index contributed by atoms with van der Waals surface area (Å²) in [4.78, 5) is 0. The van der Waals surface area contributed by atoms with E-state index in [-0.39, 0.29) is 0 Å². The summed E-state index contributed by atoms with van der Waals surface area (Å²) in [6.07, 6.45) is 1.09. The third-order valence-electron chi connectivity index (χ3n) is 0.627. The third-order valence-corrected chi connectivity index (χ3v) is 1.47. The average Bonchev–Trinajstić information content (AvgIpc) is 1.69. The van der Waals surface area contributed by atoms with Crippen molar-refractivity contribution < 1.29 is 4.43 Å². The molecule has 0 aromatic carbocycles. The van der Waals surface area contributed by atoms with E-state index in [0.717, 1.165) is 19.0 Å². The van der Waals surface area contributed by atoms with Gasteiger partial charge >= 0.3 is 0 Å². The number of nitrogens with two attached hydrogens (primary N) is 1. The van der Waals surface area contributed by atoms with E-state index in [1.54, 1.807) is 7.11 Å². The molecule has 0 atom stereocenters. The van der Waals surface area contributed by atoms with Crippen molar-refractivity contribution in [2.45, 2.75) is 12.5 Å². The van der Waals surface area contributed by atoms with Crippen molar-refractivity contribution in [2.24, 2.45) is 5.73 Å². The fraction of sp³-hybridized carbons (Fsp3) is 1.00. The summed E-state index contributed by atoms with van der Waals surface area (Å²) in [6, 6.07) is 1.12. The molecule has 0 spiro atoms. The van der Waals surface area contributed by atoms with Gasteiger partial charge in [0, 0.05) is 7.11 Å². The van der Waals surface area contributed by atoms with Crippen LogP contribution in [0.1, 0.15) is 6.42 Å². The third kappa shape index (κ3) is 6.14. The summed E-state index contributed by atoms with van der Waals surface area (Å²) in [5.41, 5.74) is 5.22. The summed E-state index contributed by atoms with van der Waals surface area (Å²) in [6.45, 7) is 0.788. The van der Waals surface area contributed by atoms with Gasteiger partial charge in [0.25, 0.3) is 0 Å². The van der Waals surface area contributed by atoms with E-state index in [1.807, 2.05) is 0 Å². The normalized spacial score (nSPS) is 9.43. The molecule has 2 N–H and O–H groups in total. The molecule has 0 heterocycles. The van der Waals surface area contributed by atoms with E-state index in [4.69, 9.17) is 10.2 Å². The maximum Gasteiger partial charge on any atom is 0.229 e. The summed E-state index contributed by atoms with van der Waals surface area (Å²) in [7, 11) is 2.36. The molecule has 7 heavy (non-hydrogen) atoms. The van der Waals surface area contributed by atoms with Gasteiger partial charge in [-0.3, -0.25) is 0 Å². The fourth-order valence-electron chi connectivity index (χ4n) is 0.276. The molecule has 0 rings (SSSR count). The van der Waals surface area contributed by atoms with Crippen molar-refractivity contribution in [3.8, 4) is 0 Å². The van der Waals surface area contributed by atoms with Gasteiger partial charge in [0.05, 0.1) is 0 Å². The Hall–Kier alpha value is 0.137. The Morgan fingerprint density at radius 2 is 2.43 bits per heavy atom. The first-order chi connectivity index (χ1) is 3.41. The second-order valence-corrected chi connectivity index (χ2v) is 2.44. The molecular weight excluding hydrogens is 106 g/mol. The SMILES string of the molecule is CO[Si]CCCN. The lowest BCUT2D eigenvalue weighted by Gasteiger charge is -1.90.